The van der Waals surface area contributed by atoms with Crippen LogP contribution in [0, 0.1) is 21.7 Å². The van der Waals surface area contributed by atoms with Gasteiger partial charge in [-0.05, 0) is 24.3 Å². The second-order valence-electron chi connectivity index (χ2n) is 6.43. The molecule has 1 fully saturated rings. The number of nitro benzene ring substituents is 1. The largest absolute Gasteiger partial charge is 0.450 e. The Morgan fingerprint density at radius 2 is 1.79 bits per heavy atom. The molecule has 0 bridgehead atoms. The molecule has 8 nitrogen and oxygen atoms in total. The first-order valence-corrected chi connectivity index (χ1v) is 9.85. The van der Waals surface area contributed by atoms with Gasteiger partial charge in [0.25, 0.3) is 0 Å². The highest BCUT2D eigenvalue weighted by Crippen LogP contribution is 2.34. The van der Waals surface area contributed by atoms with Crippen LogP contribution in [0.3, 0.4) is 0 Å². The van der Waals surface area contributed by atoms with E-state index in [-0.39, 0.29) is 16.4 Å². The molecule has 0 atom stereocenters. The standard InChI is InChI=1S/C17H17F2N3O5S/c1-20-6-8-21(9-7-20)28(25,26)13-3-5-17(16(11-13)22(23)24)27-12-2-4-14(18)15(19)10-12/h2-5,10-11H,6-9H2,1H3/p+1. The number of likely N-dealkylation sites (N-methyl/N-ethyl adjacent to an activating group) is 1. The fourth-order valence-electron chi connectivity index (χ4n) is 2.81. The van der Waals surface area contributed by atoms with E-state index in [4.69, 9.17) is 4.74 Å². The van der Waals surface area contributed by atoms with Crippen molar-refractivity contribution >= 4 is 15.7 Å². The Balaban J connectivity index is 1.92. The monoisotopic (exact) mass is 414 g/mol. The topological polar surface area (TPSA) is 94.2 Å². The summed E-state index contributed by atoms with van der Waals surface area (Å²) in [5.74, 6) is -2.69. The molecule has 0 aliphatic carbocycles. The Morgan fingerprint density at radius 1 is 1.11 bits per heavy atom. The summed E-state index contributed by atoms with van der Waals surface area (Å²) in [7, 11) is -1.94. The van der Waals surface area contributed by atoms with Gasteiger partial charge in [0, 0.05) is 12.1 Å². The molecule has 0 amide bonds. The van der Waals surface area contributed by atoms with Crippen molar-refractivity contribution in [3.8, 4) is 11.5 Å². The lowest BCUT2D eigenvalue weighted by Gasteiger charge is -2.29. The summed E-state index contributed by atoms with van der Waals surface area (Å²) in [6.45, 7) is 1.90. The van der Waals surface area contributed by atoms with Crippen LogP contribution in [0.5, 0.6) is 11.5 Å². The number of nitrogens with zero attached hydrogens (tertiary/aromatic N) is 2. The number of benzene rings is 2. The third kappa shape index (κ3) is 4.11. The Morgan fingerprint density at radius 3 is 2.39 bits per heavy atom. The number of hydrogen-bond donors (Lipinski definition) is 1. The number of quaternary nitrogens is 1. The maximum absolute atomic E-state index is 13.3. The lowest BCUT2D eigenvalue weighted by Crippen LogP contribution is -3.12. The molecule has 11 heteroatoms. The van der Waals surface area contributed by atoms with E-state index in [9.17, 15) is 27.3 Å². The van der Waals surface area contributed by atoms with Gasteiger partial charge in [-0.25, -0.2) is 17.2 Å². The fraction of sp³-hybridized carbons (Fsp3) is 0.294. The van der Waals surface area contributed by atoms with Crippen LogP contribution in [0.4, 0.5) is 14.5 Å². The Kier molecular flexibility index (Phi) is 5.59. The van der Waals surface area contributed by atoms with Gasteiger partial charge in [0.2, 0.25) is 15.8 Å². The van der Waals surface area contributed by atoms with Crippen molar-refractivity contribution in [2.75, 3.05) is 33.2 Å². The maximum Gasteiger partial charge on any atom is 0.312 e. The van der Waals surface area contributed by atoms with Crippen LogP contribution in [-0.4, -0.2) is 50.9 Å². The molecule has 0 unspecified atom stereocenters. The number of ether oxygens (including phenoxy) is 1. The van der Waals surface area contributed by atoms with E-state index in [0.717, 1.165) is 30.3 Å². The quantitative estimate of drug-likeness (QED) is 0.586. The molecule has 1 aliphatic rings. The number of nitro groups is 1. The average molecular weight is 414 g/mol. The van der Waals surface area contributed by atoms with E-state index in [1.165, 1.54) is 15.3 Å². The summed E-state index contributed by atoms with van der Waals surface area (Å²) < 4.78 is 58.5. The van der Waals surface area contributed by atoms with Gasteiger partial charge < -0.3 is 9.64 Å². The smallest absolute Gasteiger partial charge is 0.312 e. The van der Waals surface area contributed by atoms with Crippen LogP contribution in [-0.2, 0) is 10.0 Å². The number of sulfonamides is 1. The van der Waals surface area contributed by atoms with Gasteiger partial charge in [0.05, 0.1) is 43.0 Å². The highest BCUT2D eigenvalue weighted by molar-refractivity contribution is 7.89. The first-order valence-electron chi connectivity index (χ1n) is 8.41. The van der Waals surface area contributed by atoms with E-state index in [1.807, 2.05) is 7.05 Å². The molecule has 0 aromatic heterocycles. The summed E-state index contributed by atoms with van der Waals surface area (Å²) in [4.78, 5) is 11.6. The van der Waals surface area contributed by atoms with Gasteiger partial charge in [-0.15, -0.1) is 0 Å². The second-order valence-corrected chi connectivity index (χ2v) is 8.36. The molecule has 0 saturated carbocycles. The molecule has 150 valence electrons. The van der Waals surface area contributed by atoms with Gasteiger partial charge in [-0.3, -0.25) is 10.1 Å². The molecule has 2 aromatic rings. The summed E-state index contributed by atoms with van der Waals surface area (Å²) in [5, 5.41) is 11.4. The minimum atomic E-state index is -3.89. The summed E-state index contributed by atoms with van der Waals surface area (Å²) in [6, 6.07) is 5.92. The van der Waals surface area contributed by atoms with Crippen molar-refractivity contribution in [3.63, 3.8) is 0 Å². The van der Waals surface area contributed by atoms with Crippen molar-refractivity contribution < 1.29 is 31.8 Å². The first-order chi connectivity index (χ1) is 13.2. The minimum Gasteiger partial charge on any atom is -0.450 e. The molecule has 1 heterocycles. The van der Waals surface area contributed by atoms with Gasteiger partial charge in [0.1, 0.15) is 5.75 Å². The third-order valence-electron chi connectivity index (χ3n) is 4.46. The third-order valence-corrected chi connectivity index (χ3v) is 6.35. The zero-order valence-corrected chi connectivity index (χ0v) is 15.7. The Labute approximate surface area is 160 Å². The van der Waals surface area contributed by atoms with E-state index < -0.39 is 32.3 Å². The first kappa shape index (κ1) is 20.1. The van der Waals surface area contributed by atoms with Crippen LogP contribution in [0.15, 0.2) is 41.3 Å². The lowest BCUT2D eigenvalue weighted by atomic mass is 10.3. The molecule has 0 spiro atoms. The predicted octanol–water partition coefficient (Wildman–Crippen LogP) is 1.18. The number of halogens is 2. The van der Waals surface area contributed by atoms with Crippen molar-refractivity contribution in [1.82, 2.24) is 4.31 Å². The second kappa shape index (κ2) is 7.78. The average Bonchev–Trinajstić information content (AvgIpc) is 2.65. The molecule has 3 rings (SSSR count). The zero-order valence-electron chi connectivity index (χ0n) is 14.9. The Hall–Kier alpha value is -2.63. The molecule has 1 N–H and O–H groups in total. The van der Waals surface area contributed by atoms with Gasteiger partial charge in [0.15, 0.2) is 11.6 Å². The molecule has 2 aromatic carbocycles. The fourth-order valence-corrected chi connectivity index (χ4v) is 4.27. The summed E-state index contributed by atoms with van der Waals surface area (Å²) in [5.41, 5.74) is -0.592. The van der Waals surface area contributed by atoms with Crippen LogP contribution in [0.25, 0.3) is 0 Å². The molecule has 0 radical (unpaired) electrons. The van der Waals surface area contributed by atoms with Crippen molar-refractivity contribution in [3.05, 3.63) is 58.1 Å². The maximum atomic E-state index is 13.3. The van der Waals surface area contributed by atoms with E-state index >= 15 is 0 Å². The van der Waals surface area contributed by atoms with E-state index in [1.54, 1.807) is 0 Å². The summed E-state index contributed by atoms with van der Waals surface area (Å²) >= 11 is 0. The molecule has 28 heavy (non-hydrogen) atoms. The van der Waals surface area contributed by atoms with Crippen LogP contribution in [0.2, 0.25) is 0 Å². The minimum absolute atomic E-state index is 0.153. The van der Waals surface area contributed by atoms with Crippen LogP contribution < -0.4 is 9.64 Å². The lowest BCUT2D eigenvalue weighted by molar-refractivity contribution is -0.883. The Bertz CT molecular complexity index is 1010. The van der Waals surface area contributed by atoms with Gasteiger partial charge >= 0.3 is 5.69 Å². The summed E-state index contributed by atoms with van der Waals surface area (Å²) in [6.07, 6.45) is 0. The van der Waals surface area contributed by atoms with E-state index in [0.29, 0.717) is 26.2 Å². The number of hydrogen-bond acceptors (Lipinski definition) is 5. The molecular formula is C17H18F2N3O5S+. The molecule has 1 saturated heterocycles. The van der Waals surface area contributed by atoms with E-state index in [2.05, 4.69) is 0 Å². The highest BCUT2D eigenvalue weighted by atomic mass is 32.2. The van der Waals surface area contributed by atoms with Gasteiger partial charge in [-0.1, -0.05) is 0 Å². The van der Waals surface area contributed by atoms with Crippen LogP contribution >= 0.6 is 0 Å². The van der Waals surface area contributed by atoms with Crippen molar-refractivity contribution in [2.24, 2.45) is 0 Å². The number of nitrogens with one attached hydrogen (secondary N) is 1. The van der Waals surface area contributed by atoms with Gasteiger partial charge in [-0.2, -0.15) is 4.31 Å². The van der Waals surface area contributed by atoms with Crippen molar-refractivity contribution in [2.45, 2.75) is 4.90 Å². The zero-order chi connectivity index (χ0) is 20.5. The normalized spacial score (nSPS) is 16.1. The number of rotatable bonds is 5. The SMILES string of the molecule is C[NH+]1CCN(S(=O)(=O)c2ccc(Oc3ccc(F)c(F)c3)c([N+](=O)[O-])c2)CC1. The highest BCUT2D eigenvalue weighted by Gasteiger charge is 2.31. The molecule has 1 aliphatic heterocycles. The van der Waals surface area contributed by atoms with Crippen LogP contribution in [0.1, 0.15) is 0 Å². The predicted molar refractivity (Wildman–Crippen MR) is 94.9 cm³/mol. The molecular weight excluding hydrogens is 396 g/mol. The number of piperazine rings is 1. The van der Waals surface area contributed by atoms with Crippen molar-refractivity contribution in [1.29, 1.82) is 0 Å².